The summed E-state index contributed by atoms with van der Waals surface area (Å²) in [5.41, 5.74) is 0.344. The van der Waals surface area contributed by atoms with Crippen LogP contribution in [0.25, 0.3) is 0 Å². The summed E-state index contributed by atoms with van der Waals surface area (Å²) in [6.07, 6.45) is 0.695. The Hall–Kier alpha value is -3.09. The van der Waals surface area contributed by atoms with Crippen LogP contribution in [0.4, 0.5) is 8.78 Å². The lowest BCUT2D eigenvalue weighted by molar-refractivity contribution is 0.0530. The van der Waals surface area contributed by atoms with Crippen molar-refractivity contribution in [1.82, 2.24) is 9.80 Å². The first-order valence-electron chi connectivity index (χ1n) is 8.09. The maximum atomic E-state index is 13.8. The van der Waals surface area contributed by atoms with Crippen molar-refractivity contribution >= 4 is 18.1 Å². The molecule has 2 aromatic carbocycles. The highest BCUT2D eigenvalue weighted by Crippen LogP contribution is 2.17. The molecule has 26 heavy (non-hydrogen) atoms. The number of amides is 2. The van der Waals surface area contributed by atoms with Crippen LogP contribution in [0.2, 0.25) is 0 Å². The van der Waals surface area contributed by atoms with Crippen molar-refractivity contribution in [2.24, 2.45) is 0 Å². The number of carbonyl (C=O) groups is 3. The fourth-order valence-electron chi connectivity index (χ4n) is 2.86. The van der Waals surface area contributed by atoms with Crippen LogP contribution in [0.1, 0.15) is 31.1 Å². The SMILES string of the molecule is O=Cc1ccc(C(=O)N2CCN(C(=O)c3c(F)cccc3F)CC2)cc1. The first-order valence-corrected chi connectivity index (χ1v) is 8.09. The molecule has 0 aliphatic carbocycles. The minimum atomic E-state index is -0.899. The Kier molecular flexibility index (Phi) is 5.06. The van der Waals surface area contributed by atoms with Gasteiger partial charge >= 0.3 is 0 Å². The van der Waals surface area contributed by atoms with Crippen LogP contribution in [0.15, 0.2) is 42.5 Å². The van der Waals surface area contributed by atoms with Crippen LogP contribution in [-0.2, 0) is 0 Å². The van der Waals surface area contributed by atoms with Gasteiger partial charge in [-0.15, -0.1) is 0 Å². The summed E-state index contributed by atoms with van der Waals surface area (Å²) in [6, 6.07) is 9.53. The molecule has 0 unspecified atom stereocenters. The molecule has 0 saturated carbocycles. The second-order valence-corrected chi connectivity index (χ2v) is 5.92. The van der Waals surface area contributed by atoms with E-state index in [1.165, 1.54) is 11.0 Å². The van der Waals surface area contributed by atoms with E-state index in [4.69, 9.17) is 0 Å². The Labute approximate surface area is 148 Å². The minimum absolute atomic E-state index is 0.185. The average Bonchev–Trinajstić information content (AvgIpc) is 2.67. The molecule has 0 bridgehead atoms. The van der Waals surface area contributed by atoms with Crippen molar-refractivity contribution in [3.8, 4) is 0 Å². The summed E-state index contributed by atoms with van der Waals surface area (Å²) in [5, 5.41) is 0. The van der Waals surface area contributed by atoms with Gasteiger partial charge in [-0.2, -0.15) is 0 Å². The second-order valence-electron chi connectivity index (χ2n) is 5.92. The summed E-state index contributed by atoms with van der Waals surface area (Å²) in [4.78, 5) is 38.4. The van der Waals surface area contributed by atoms with Gasteiger partial charge in [-0.1, -0.05) is 18.2 Å². The number of hydrogen-bond acceptors (Lipinski definition) is 3. The van der Waals surface area contributed by atoms with E-state index >= 15 is 0 Å². The number of benzene rings is 2. The number of hydrogen-bond donors (Lipinski definition) is 0. The molecule has 2 aromatic rings. The zero-order valence-corrected chi connectivity index (χ0v) is 13.8. The van der Waals surface area contributed by atoms with Crippen molar-refractivity contribution in [2.75, 3.05) is 26.2 Å². The summed E-state index contributed by atoms with van der Waals surface area (Å²) < 4.78 is 27.5. The van der Waals surface area contributed by atoms with Gasteiger partial charge in [0, 0.05) is 37.3 Å². The van der Waals surface area contributed by atoms with Gasteiger partial charge in [0.2, 0.25) is 0 Å². The fraction of sp³-hybridized carbons (Fsp3) is 0.211. The molecule has 0 radical (unpaired) electrons. The summed E-state index contributed by atoms with van der Waals surface area (Å²) in [7, 11) is 0. The predicted octanol–water partition coefficient (Wildman–Crippen LogP) is 2.38. The standard InChI is InChI=1S/C19H16F2N2O3/c20-15-2-1-3-16(21)17(15)19(26)23-10-8-22(9-11-23)18(25)14-6-4-13(12-24)5-7-14/h1-7,12H,8-11H2. The first kappa shape index (κ1) is 17.7. The smallest absolute Gasteiger partial charge is 0.259 e. The third kappa shape index (κ3) is 3.46. The lowest BCUT2D eigenvalue weighted by Gasteiger charge is -2.35. The number of nitrogens with zero attached hydrogens (tertiary/aromatic N) is 2. The van der Waals surface area contributed by atoms with E-state index in [1.54, 1.807) is 29.2 Å². The van der Waals surface area contributed by atoms with E-state index in [1.807, 2.05) is 0 Å². The zero-order valence-electron chi connectivity index (χ0n) is 13.8. The number of piperazine rings is 1. The van der Waals surface area contributed by atoms with Gasteiger partial charge in [0.1, 0.15) is 23.5 Å². The Balaban J connectivity index is 1.66. The average molecular weight is 358 g/mol. The fourth-order valence-corrected chi connectivity index (χ4v) is 2.86. The molecule has 0 aromatic heterocycles. The van der Waals surface area contributed by atoms with Gasteiger partial charge in [-0.3, -0.25) is 14.4 Å². The molecular weight excluding hydrogens is 342 g/mol. The van der Waals surface area contributed by atoms with E-state index < -0.39 is 23.1 Å². The van der Waals surface area contributed by atoms with E-state index in [2.05, 4.69) is 0 Å². The van der Waals surface area contributed by atoms with Crippen LogP contribution in [0.3, 0.4) is 0 Å². The Morgan fingerprint density at radius 2 is 1.31 bits per heavy atom. The highest BCUT2D eigenvalue weighted by molar-refractivity contribution is 5.96. The highest BCUT2D eigenvalue weighted by Gasteiger charge is 2.28. The lowest BCUT2D eigenvalue weighted by Crippen LogP contribution is -2.50. The van der Waals surface area contributed by atoms with Gasteiger partial charge in [-0.25, -0.2) is 8.78 Å². The van der Waals surface area contributed by atoms with Crippen molar-refractivity contribution in [2.45, 2.75) is 0 Å². The number of rotatable bonds is 3. The van der Waals surface area contributed by atoms with Gasteiger partial charge in [-0.05, 0) is 24.3 Å². The van der Waals surface area contributed by atoms with E-state index in [-0.39, 0.29) is 32.1 Å². The predicted molar refractivity (Wildman–Crippen MR) is 90.0 cm³/mol. The molecule has 5 nitrogen and oxygen atoms in total. The molecule has 1 heterocycles. The maximum absolute atomic E-state index is 13.8. The Morgan fingerprint density at radius 1 is 0.808 bits per heavy atom. The molecule has 1 saturated heterocycles. The van der Waals surface area contributed by atoms with E-state index in [0.29, 0.717) is 17.4 Å². The van der Waals surface area contributed by atoms with Crippen molar-refractivity contribution in [1.29, 1.82) is 0 Å². The normalized spacial score (nSPS) is 14.2. The molecule has 1 fully saturated rings. The van der Waals surface area contributed by atoms with Crippen molar-refractivity contribution < 1.29 is 23.2 Å². The first-order chi connectivity index (χ1) is 12.5. The van der Waals surface area contributed by atoms with Gasteiger partial charge in [0.25, 0.3) is 11.8 Å². The quantitative estimate of drug-likeness (QED) is 0.792. The monoisotopic (exact) mass is 358 g/mol. The molecular formula is C19H16F2N2O3. The molecule has 3 rings (SSSR count). The Morgan fingerprint density at radius 3 is 1.81 bits per heavy atom. The largest absolute Gasteiger partial charge is 0.335 e. The highest BCUT2D eigenvalue weighted by atomic mass is 19.1. The molecule has 1 aliphatic heterocycles. The van der Waals surface area contributed by atoms with Crippen LogP contribution in [0.5, 0.6) is 0 Å². The third-order valence-corrected chi connectivity index (χ3v) is 4.32. The van der Waals surface area contributed by atoms with Crippen LogP contribution < -0.4 is 0 Å². The van der Waals surface area contributed by atoms with Crippen molar-refractivity contribution in [3.63, 3.8) is 0 Å². The summed E-state index contributed by atoms with van der Waals surface area (Å²) >= 11 is 0. The molecule has 1 aliphatic rings. The van der Waals surface area contributed by atoms with Crippen LogP contribution >= 0.6 is 0 Å². The molecule has 134 valence electrons. The van der Waals surface area contributed by atoms with E-state index in [0.717, 1.165) is 12.1 Å². The van der Waals surface area contributed by atoms with Crippen LogP contribution in [0, 0.1) is 11.6 Å². The second kappa shape index (κ2) is 7.43. The van der Waals surface area contributed by atoms with Gasteiger partial charge in [0.15, 0.2) is 0 Å². The minimum Gasteiger partial charge on any atom is -0.335 e. The summed E-state index contributed by atoms with van der Waals surface area (Å²) in [6.45, 7) is 0.891. The molecule has 2 amide bonds. The molecule has 7 heteroatoms. The summed E-state index contributed by atoms with van der Waals surface area (Å²) in [5.74, 6) is -2.73. The zero-order chi connectivity index (χ0) is 18.7. The van der Waals surface area contributed by atoms with Gasteiger partial charge in [0.05, 0.1) is 0 Å². The molecule has 0 atom stereocenters. The number of aldehydes is 1. The van der Waals surface area contributed by atoms with Crippen LogP contribution in [-0.4, -0.2) is 54.1 Å². The molecule has 0 N–H and O–H groups in total. The molecule has 0 spiro atoms. The van der Waals surface area contributed by atoms with Crippen molar-refractivity contribution in [3.05, 3.63) is 70.8 Å². The maximum Gasteiger partial charge on any atom is 0.259 e. The van der Waals surface area contributed by atoms with E-state index in [9.17, 15) is 23.2 Å². The Bertz CT molecular complexity index is 824. The number of halogens is 2. The topological polar surface area (TPSA) is 57.7 Å². The van der Waals surface area contributed by atoms with Gasteiger partial charge < -0.3 is 9.80 Å². The third-order valence-electron chi connectivity index (χ3n) is 4.32. The number of carbonyl (C=O) groups excluding carboxylic acids is 3. The lowest BCUT2D eigenvalue weighted by atomic mass is 10.1.